The van der Waals surface area contributed by atoms with E-state index >= 15 is 0 Å². The summed E-state index contributed by atoms with van der Waals surface area (Å²) in [6, 6.07) is 10.1. The maximum atomic E-state index is 5.63. The van der Waals surface area contributed by atoms with Gasteiger partial charge in [-0.05, 0) is 18.4 Å². The second kappa shape index (κ2) is 22.9. The Morgan fingerprint density at radius 2 is 0.900 bits per heavy atom. The lowest BCUT2D eigenvalue weighted by atomic mass is 10.2. The lowest BCUT2D eigenvalue weighted by Gasteiger charge is -2.08. The van der Waals surface area contributed by atoms with E-state index in [1.54, 1.807) is 0 Å². The van der Waals surface area contributed by atoms with Crippen LogP contribution in [0.1, 0.15) is 31.2 Å². The first-order valence-corrected chi connectivity index (χ1v) is 11.5. The van der Waals surface area contributed by atoms with Crippen LogP contribution in [0.25, 0.3) is 0 Å². The largest absolute Gasteiger partial charge is 0.379 e. The molecule has 1 aromatic carbocycles. The highest BCUT2D eigenvalue weighted by molar-refractivity contribution is 6.17. The van der Waals surface area contributed by atoms with E-state index in [4.69, 9.17) is 40.0 Å². The van der Waals surface area contributed by atoms with Crippen molar-refractivity contribution in [3.8, 4) is 0 Å². The Labute approximate surface area is 187 Å². The molecule has 0 atom stereocenters. The number of rotatable bonds is 23. The summed E-state index contributed by atoms with van der Waals surface area (Å²) in [6.07, 6.45) is 4.54. The molecule has 7 heteroatoms. The molecule has 1 rings (SSSR count). The predicted molar refractivity (Wildman–Crippen MR) is 119 cm³/mol. The van der Waals surface area contributed by atoms with Crippen molar-refractivity contribution in [1.29, 1.82) is 0 Å². The molecule has 0 amide bonds. The number of halogens is 1. The summed E-state index contributed by atoms with van der Waals surface area (Å²) in [5.41, 5.74) is 1.17. The van der Waals surface area contributed by atoms with Crippen LogP contribution in [-0.4, -0.2) is 78.6 Å². The summed E-state index contributed by atoms with van der Waals surface area (Å²) in [5, 5.41) is 0. The van der Waals surface area contributed by atoms with Crippen LogP contribution < -0.4 is 0 Å². The van der Waals surface area contributed by atoms with Crippen molar-refractivity contribution >= 4 is 11.6 Å². The van der Waals surface area contributed by atoms with Gasteiger partial charge in [0, 0.05) is 12.5 Å². The molecule has 0 aliphatic carbocycles. The molecule has 0 unspecified atom stereocenters. The molecule has 0 aliphatic rings. The maximum Gasteiger partial charge on any atom is 0.0718 e. The predicted octanol–water partition coefficient (Wildman–Crippen LogP) is 4.09. The van der Waals surface area contributed by atoms with Crippen LogP contribution in [0, 0.1) is 0 Å². The van der Waals surface area contributed by atoms with Gasteiger partial charge >= 0.3 is 0 Å². The van der Waals surface area contributed by atoms with Gasteiger partial charge in [0.05, 0.1) is 72.7 Å². The Hall–Kier alpha value is -0.730. The van der Waals surface area contributed by atoms with Crippen molar-refractivity contribution in [2.45, 2.75) is 32.3 Å². The number of benzene rings is 1. The molecule has 0 aliphatic heterocycles. The minimum absolute atomic E-state index is 0.556. The lowest BCUT2D eigenvalue weighted by Crippen LogP contribution is -2.14. The van der Waals surface area contributed by atoms with Crippen molar-refractivity contribution in [1.82, 2.24) is 0 Å². The molecule has 0 radical (unpaired) electrons. The third kappa shape index (κ3) is 19.2. The first-order valence-electron chi connectivity index (χ1n) is 11.0. The van der Waals surface area contributed by atoms with Gasteiger partial charge in [0.1, 0.15) is 0 Å². The second-order valence-corrected chi connectivity index (χ2v) is 7.08. The monoisotopic (exact) mass is 446 g/mol. The van der Waals surface area contributed by atoms with Crippen molar-refractivity contribution in [3.05, 3.63) is 35.9 Å². The highest BCUT2D eigenvalue weighted by atomic mass is 35.5. The van der Waals surface area contributed by atoms with Crippen molar-refractivity contribution in [3.63, 3.8) is 0 Å². The maximum absolute atomic E-state index is 5.63. The average Bonchev–Trinajstić information content (AvgIpc) is 2.78. The van der Waals surface area contributed by atoms with Gasteiger partial charge in [-0.2, -0.15) is 0 Å². The van der Waals surface area contributed by atoms with Gasteiger partial charge in [-0.15, -0.1) is 11.6 Å². The molecular weight excluding hydrogens is 408 g/mol. The van der Waals surface area contributed by atoms with Gasteiger partial charge < -0.3 is 28.4 Å². The zero-order chi connectivity index (χ0) is 21.4. The molecule has 0 saturated carbocycles. The van der Waals surface area contributed by atoms with Gasteiger partial charge in [-0.3, -0.25) is 0 Å². The highest BCUT2D eigenvalue weighted by Crippen LogP contribution is 2.01. The Morgan fingerprint density at radius 3 is 1.40 bits per heavy atom. The summed E-state index contributed by atoms with van der Waals surface area (Å²) in [7, 11) is 0. The number of unbranched alkanes of at least 4 members (excludes halogenated alkanes) is 3. The first kappa shape index (κ1) is 27.3. The SMILES string of the molecule is ClCCCCCCOCCOCCOCCOCCOCCOCc1ccccc1. The van der Waals surface area contributed by atoms with Crippen LogP contribution in [-0.2, 0) is 35.0 Å². The van der Waals surface area contributed by atoms with Crippen LogP contribution in [0.2, 0.25) is 0 Å². The van der Waals surface area contributed by atoms with Crippen molar-refractivity contribution in [2.24, 2.45) is 0 Å². The number of ether oxygens (including phenoxy) is 6. The zero-order valence-electron chi connectivity index (χ0n) is 18.2. The van der Waals surface area contributed by atoms with E-state index in [1.807, 2.05) is 30.3 Å². The Balaban J connectivity index is 1.65. The van der Waals surface area contributed by atoms with Gasteiger partial charge in [0.15, 0.2) is 0 Å². The van der Waals surface area contributed by atoms with Crippen molar-refractivity contribution in [2.75, 3.05) is 78.6 Å². The van der Waals surface area contributed by atoms with Crippen LogP contribution in [0.15, 0.2) is 30.3 Å². The van der Waals surface area contributed by atoms with E-state index in [0.717, 1.165) is 25.3 Å². The third-order valence-electron chi connectivity index (χ3n) is 4.14. The average molecular weight is 447 g/mol. The second-order valence-electron chi connectivity index (χ2n) is 6.70. The highest BCUT2D eigenvalue weighted by Gasteiger charge is 1.95. The smallest absolute Gasteiger partial charge is 0.0718 e. The van der Waals surface area contributed by atoms with E-state index in [0.29, 0.717) is 72.7 Å². The van der Waals surface area contributed by atoms with Crippen LogP contribution >= 0.6 is 11.6 Å². The number of hydrogen-bond acceptors (Lipinski definition) is 6. The van der Waals surface area contributed by atoms with Crippen molar-refractivity contribution < 1.29 is 28.4 Å². The normalized spacial score (nSPS) is 11.2. The standard InChI is InChI=1S/C23H39ClO6/c24-10-6-1-2-7-11-25-12-13-26-14-15-27-16-17-28-18-19-29-20-21-30-22-23-8-4-3-5-9-23/h3-5,8-9H,1-2,6-7,10-22H2. The van der Waals surface area contributed by atoms with E-state index in [9.17, 15) is 0 Å². The van der Waals surface area contributed by atoms with E-state index in [-0.39, 0.29) is 0 Å². The summed E-state index contributed by atoms with van der Waals surface area (Å²) in [6.45, 7) is 7.18. The van der Waals surface area contributed by atoms with Crippen LogP contribution in [0.4, 0.5) is 0 Å². The van der Waals surface area contributed by atoms with Gasteiger partial charge in [0.2, 0.25) is 0 Å². The Bertz CT molecular complexity index is 449. The first-order chi connectivity index (χ1) is 14.9. The fourth-order valence-electron chi connectivity index (χ4n) is 2.52. The summed E-state index contributed by atoms with van der Waals surface area (Å²) in [5.74, 6) is 0.753. The summed E-state index contributed by atoms with van der Waals surface area (Å²) >= 11 is 5.63. The van der Waals surface area contributed by atoms with E-state index in [1.165, 1.54) is 18.4 Å². The van der Waals surface area contributed by atoms with Gasteiger partial charge in [0.25, 0.3) is 0 Å². The fraction of sp³-hybridized carbons (Fsp3) is 0.739. The molecule has 6 nitrogen and oxygen atoms in total. The lowest BCUT2D eigenvalue weighted by molar-refractivity contribution is -0.0178. The fourth-order valence-corrected chi connectivity index (χ4v) is 2.70. The molecule has 0 N–H and O–H groups in total. The molecule has 0 saturated heterocycles. The zero-order valence-corrected chi connectivity index (χ0v) is 19.0. The molecule has 0 bridgehead atoms. The van der Waals surface area contributed by atoms with Gasteiger partial charge in [-0.25, -0.2) is 0 Å². The van der Waals surface area contributed by atoms with E-state index in [2.05, 4.69) is 0 Å². The molecule has 0 spiro atoms. The topological polar surface area (TPSA) is 55.4 Å². The quantitative estimate of drug-likeness (QED) is 0.186. The summed E-state index contributed by atoms with van der Waals surface area (Å²) in [4.78, 5) is 0. The molecule has 0 heterocycles. The summed E-state index contributed by atoms with van der Waals surface area (Å²) < 4.78 is 32.9. The third-order valence-corrected chi connectivity index (χ3v) is 4.41. The Morgan fingerprint density at radius 1 is 0.467 bits per heavy atom. The number of alkyl halides is 1. The number of hydrogen-bond donors (Lipinski definition) is 0. The molecule has 0 aromatic heterocycles. The van der Waals surface area contributed by atoms with Crippen LogP contribution in [0.3, 0.4) is 0 Å². The molecular formula is C23H39ClO6. The van der Waals surface area contributed by atoms with Crippen LogP contribution in [0.5, 0.6) is 0 Å². The Kier molecular flexibility index (Phi) is 20.9. The minimum Gasteiger partial charge on any atom is -0.379 e. The van der Waals surface area contributed by atoms with E-state index < -0.39 is 0 Å². The minimum atomic E-state index is 0.556. The van der Waals surface area contributed by atoms with Gasteiger partial charge in [-0.1, -0.05) is 43.2 Å². The molecule has 1 aromatic rings. The molecule has 174 valence electrons. The molecule has 30 heavy (non-hydrogen) atoms. The molecule has 0 fully saturated rings.